The molecule has 2 rings (SSSR count). The van der Waals surface area contributed by atoms with Crippen molar-refractivity contribution >= 4 is 29.1 Å². The van der Waals surface area contributed by atoms with Crippen LogP contribution in [0, 0.1) is 0 Å². The van der Waals surface area contributed by atoms with Crippen LogP contribution in [0.25, 0.3) is 0 Å². The van der Waals surface area contributed by atoms with Crippen LogP contribution in [0.1, 0.15) is 32.1 Å². The van der Waals surface area contributed by atoms with Crippen molar-refractivity contribution in [1.29, 1.82) is 0 Å². The maximum Gasteiger partial charge on any atom is 0.223 e. The molecule has 1 aliphatic carbocycles. The average molecular weight is 332 g/mol. The molecule has 1 saturated carbocycles. The fraction of sp³-hybridized carbons (Fsp3) is 0.533. The minimum Gasteiger partial charge on any atom is -0.491 e. The van der Waals surface area contributed by atoms with Gasteiger partial charge in [-0.05, 0) is 43.9 Å². The van der Waals surface area contributed by atoms with Crippen LogP contribution in [0.4, 0.5) is 0 Å². The van der Waals surface area contributed by atoms with E-state index in [4.69, 9.17) is 27.9 Å². The average Bonchev–Trinajstić information content (AvgIpc) is 2.44. The third-order valence-electron chi connectivity index (χ3n) is 3.54. The summed E-state index contributed by atoms with van der Waals surface area (Å²) in [6, 6.07) is 5.15. The molecular formula is C15H19Cl2NO3. The Hall–Kier alpha value is -0.970. The second-order valence-corrected chi connectivity index (χ2v) is 6.09. The van der Waals surface area contributed by atoms with Gasteiger partial charge in [-0.25, -0.2) is 0 Å². The highest BCUT2D eigenvalue weighted by molar-refractivity contribution is 6.35. The number of carbonyl (C=O) groups is 1. The van der Waals surface area contributed by atoms with E-state index in [9.17, 15) is 9.90 Å². The summed E-state index contributed by atoms with van der Waals surface area (Å²) in [4.78, 5) is 11.8. The second-order valence-electron chi connectivity index (χ2n) is 5.25. The molecule has 1 fully saturated rings. The van der Waals surface area contributed by atoms with E-state index in [0.29, 0.717) is 15.8 Å². The summed E-state index contributed by atoms with van der Waals surface area (Å²) in [7, 11) is 0. The van der Waals surface area contributed by atoms with E-state index >= 15 is 0 Å². The quantitative estimate of drug-likeness (QED) is 0.871. The Morgan fingerprint density at radius 3 is 2.67 bits per heavy atom. The Bertz CT molecular complexity index is 488. The van der Waals surface area contributed by atoms with Crippen molar-refractivity contribution in [2.45, 2.75) is 44.2 Å². The number of carbonyl (C=O) groups excluding carboxylic acids is 1. The van der Waals surface area contributed by atoms with E-state index in [0.717, 1.165) is 25.7 Å². The molecule has 0 aliphatic heterocycles. The minimum atomic E-state index is -0.214. The van der Waals surface area contributed by atoms with Crippen LogP contribution in [0.5, 0.6) is 5.75 Å². The Kier molecular flexibility index (Phi) is 6.15. The van der Waals surface area contributed by atoms with Gasteiger partial charge in [-0.15, -0.1) is 0 Å². The van der Waals surface area contributed by atoms with Crippen LogP contribution in [-0.4, -0.2) is 29.8 Å². The van der Waals surface area contributed by atoms with Gasteiger partial charge >= 0.3 is 0 Å². The van der Waals surface area contributed by atoms with Crippen molar-refractivity contribution in [3.05, 3.63) is 28.2 Å². The first-order chi connectivity index (χ1) is 10.0. The first-order valence-electron chi connectivity index (χ1n) is 7.10. The standard InChI is InChI=1S/C15H19Cl2NO3/c16-10-1-6-14(13(17)9-10)21-8-7-15(20)18-11-2-4-12(19)5-3-11/h1,6,9,11-12,19H,2-5,7-8H2,(H,18,20). The molecule has 1 aromatic carbocycles. The van der Waals surface area contributed by atoms with Gasteiger partial charge in [0.05, 0.1) is 24.2 Å². The normalized spacial score (nSPS) is 21.9. The smallest absolute Gasteiger partial charge is 0.223 e. The molecule has 0 aromatic heterocycles. The van der Waals surface area contributed by atoms with E-state index < -0.39 is 0 Å². The summed E-state index contributed by atoms with van der Waals surface area (Å²) in [6.07, 6.45) is 3.23. The van der Waals surface area contributed by atoms with Crippen molar-refractivity contribution in [3.63, 3.8) is 0 Å². The maximum absolute atomic E-state index is 11.8. The van der Waals surface area contributed by atoms with Crippen molar-refractivity contribution in [2.75, 3.05) is 6.61 Å². The lowest BCUT2D eigenvalue weighted by Crippen LogP contribution is -2.39. The summed E-state index contributed by atoms with van der Waals surface area (Å²) in [5.74, 6) is 0.483. The lowest BCUT2D eigenvalue weighted by Gasteiger charge is -2.26. The number of hydrogen-bond acceptors (Lipinski definition) is 3. The molecule has 0 spiro atoms. The van der Waals surface area contributed by atoms with Crippen molar-refractivity contribution < 1.29 is 14.6 Å². The third-order valence-corrected chi connectivity index (χ3v) is 4.07. The van der Waals surface area contributed by atoms with Crippen LogP contribution in [0.3, 0.4) is 0 Å². The Morgan fingerprint density at radius 1 is 1.29 bits per heavy atom. The highest BCUT2D eigenvalue weighted by Gasteiger charge is 2.20. The largest absolute Gasteiger partial charge is 0.491 e. The number of amides is 1. The first kappa shape index (κ1) is 16.4. The van der Waals surface area contributed by atoms with Crippen LogP contribution < -0.4 is 10.1 Å². The number of nitrogens with one attached hydrogen (secondary N) is 1. The number of rotatable bonds is 5. The van der Waals surface area contributed by atoms with Gasteiger partial charge in [0.25, 0.3) is 0 Å². The van der Waals surface area contributed by atoms with Gasteiger partial charge < -0.3 is 15.2 Å². The molecule has 116 valence electrons. The molecule has 21 heavy (non-hydrogen) atoms. The highest BCUT2D eigenvalue weighted by Crippen LogP contribution is 2.27. The number of hydrogen-bond donors (Lipinski definition) is 2. The number of benzene rings is 1. The molecule has 0 unspecified atom stereocenters. The number of halogens is 2. The van der Waals surface area contributed by atoms with Gasteiger partial charge in [-0.1, -0.05) is 23.2 Å². The molecule has 2 N–H and O–H groups in total. The maximum atomic E-state index is 11.8. The van der Waals surface area contributed by atoms with Crippen molar-refractivity contribution in [1.82, 2.24) is 5.32 Å². The zero-order chi connectivity index (χ0) is 15.2. The van der Waals surface area contributed by atoms with Gasteiger partial charge in [0.1, 0.15) is 5.75 Å². The summed E-state index contributed by atoms with van der Waals surface area (Å²) in [5.41, 5.74) is 0. The van der Waals surface area contributed by atoms with E-state index in [2.05, 4.69) is 5.32 Å². The summed E-state index contributed by atoms with van der Waals surface area (Å²) in [5, 5.41) is 13.4. The number of aliphatic hydroxyl groups excluding tert-OH is 1. The van der Waals surface area contributed by atoms with Crippen molar-refractivity contribution in [3.8, 4) is 5.75 Å². The monoisotopic (exact) mass is 331 g/mol. The lowest BCUT2D eigenvalue weighted by molar-refractivity contribution is -0.122. The lowest BCUT2D eigenvalue weighted by atomic mass is 9.93. The molecule has 6 heteroatoms. The molecule has 0 heterocycles. The number of aliphatic hydroxyl groups is 1. The van der Waals surface area contributed by atoms with Crippen LogP contribution in [-0.2, 0) is 4.79 Å². The van der Waals surface area contributed by atoms with E-state index in [1.807, 2.05) is 0 Å². The van der Waals surface area contributed by atoms with Crippen molar-refractivity contribution in [2.24, 2.45) is 0 Å². The highest BCUT2D eigenvalue weighted by atomic mass is 35.5. The molecular weight excluding hydrogens is 313 g/mol. The molecule has 1 aromatic rings. The van der Waals surface area contributed by atoms with Gasteiger partial charge in [0.15, 0.2) is 0 Å². The van der Waals surface area contributed by atoms with Crippen LogP contribution in [0.2, 0.25) is 10.0 Å². The Labute approximate surface area is 134 Å². The van der Waals surface area contributed by atoms with Gasteiger partial charge in [0, 0.05) is 11.1 Å². The zero-order valence-corrected chi connectivity index (χ0v) is 13.2. The van der Waals surface area contributed by atoms with E-state index in [1.54, 1.807) is 18.2 Å². The van der Waals surface area contributed by atoms with Gasteiger partial charge in [0.2, 0.25) is 5.91 Å². The molecule has 0 radical (unpaired) electrons. The first-order valence-corrected chi connectivity index (χ1v) is 7.85. The second kappa shape index (κ2) is 7.87. The van der Waals surface area contributed by atoms with Crippen LogP contribution in [0.15, 0.2) is 18.2 Å². The summed E-state index contributed by atoms with van der Waals surface area (Å²) < 4.78 is 5.48. The molecule has 0 bridgehead atoms. The third kappa shape index (κ3) is 5.38. The number of ether oxygens (including phenoxy) is 1. The SMILES string of the molecule is O=C(CCOc1ccc(Cl)cc1Cl)NC1CCC(O)CC1. The molecule has 0 saturated heterocycles. The fourth-order valence-electron chi connectivity index (χ4n) is 2.37. The molecule has 4 nitrogen and oxygen atoms in total. The van der Waals surface area contributed by atoms with Crippen LogP contribution >= 0.6 is 23.2 Å². The predicted octanol–water partition coefficient (Wildman–Crippen LogP) is 3.18. The Morgan fingerprint density at radius 2 is 2.00 bits per heavy atom. The van der Waals surface area contributed by atoms with E-state index in [-0.39, 0.29) is 31.1 Å². The molecule has 1 amide bonds. The minimum absolute atomic E-state index is 0.0403. The van der Waals surface area contributed by atoms with Gasteiger partial charge in [-0.3, -0.25) is 4.79 Å². The molecule has 0 atom stereocenters. The topological polar surface area (TPSA) is 58.6 Å². The van der Waals surface area contributed by atoms with Gasteiger partial charge in [-0.2, -0.15) is 0 Å². The predicted molar refractivity (Wildman–Crippen MR) is 83.0 cm³/mol. The Balaban J connectivity index is 1.69. The molecule has 1 aliphatic rings. The zero-order valence-electron chi connectivity index (χ0n) is 11.6. The summed E-state index contributed by atoms with van der Waals surface area (Å²) in [6.45, 7) is 0.266. The fourth-order valence-corrected chi connectivity index (χ4v) is 2.83. The van der Waals surface area contributed by atoms with E-state index in [1.165, 1.54) is 0 Å². The summed E-state index contributed by atoms with van der Waals surface area (Å²) >= 11 is 11.8.